The Balaban J connectivity index is 3.22. The molecule has 0 amide bonds. The summed E-state index contributed by atoms with van der Waals surface area (Å²) in [6.45, 7) is 8.10. The Labute approximate surface area is 58.4 Å². The van der Waals surface area contributed by atoms with Crippen molar-refractivity contribution in [3.05, 3.63) is 12.8 Å². The van der Waals surface area contributed by atoms with Crippen LogP contribution in [0.5, 0.6) is 0 Å². The van der Waals surface area contributed by atoms with E-state index in [0.717, 1.165) is 0 Å². The average Bonchev–Trinajstić information content (AvgIpc) is 1.87. The molecule has 0 aromatic rings. The van der Waals surface area contributed by atoms with Crippen molar-refractivity contribution in [3.8, 4) is 0 Å². The molecule has 0 spiro atoms. The summed E-state index contributed by atoms with van der Waals surface area (Å²) in [5, 5.41) is 0. The number of rotatable bonds is 4. The molecule has 1 nitrogen and oxygen atoms in total. The monoisotopic (exact) mass is 128 g/mol. The highest BCUT2D eigenvalue weighted by Gasteiger charge is 2.03. The van der Waals surface area contributed by atoms with E-state index in [9.17, 15) is 0 Å². The molecule has 9 heavy (non-hydrogen) atoms. The summed E-state index contributed by atoms with van der Waals surface area (Å²) in [5.41, 5.74) is 0. The summed E-state index contributed by atoms with van der Waals surface area (Å²) in [7, 11) is 0. The predicted octanol–water partition coefficient (Wildman–Crippen LogP) is 2.23. The summed E-state index contributed by atoms with van der Waals surface area (Å²) >= 11 is 0. The van der Waals surface area contributed by atoms with Crippen molar-refractivity contribution < 1.29 is 4.74 Å². The Bertz CT molecular complexity index is 53.6. The Morgan fingerprint density at radius 1 is 1.00 bits per heavy atom. The van der Waals surface area contributed by atoms with Gasteiger partial charge < -0.3 is 4.74 Å². The van der Waals surface area contributed by atoms with Crippen LogP contribution in [0, 0.1) is 12.8 Å². The summed E-state index contributed by atoms with van der Waals surface area (Å²) in [5.74, 6) is 0. The summed E-state index contributed by atoms with van der Waals surface area (Å²) < 4.78 is 5.44. The van der Waals surface area contributed by atoms with Gasteiger partial charge in [0.1, 0.15) is 0 Å². The van der Waals surface area contributed by atoms with Gasteiger partial charge in [0.25, 0.3) is 0 Å². The van der Waals surface area contributed by atoms with Gasteiger partial charge in [-0.2, -0.15) is 0 Å². The van der Waals surface area contributed by atoms with Gasteiger partial charge in [-0.15, -0.1) is 0 Å². The van der Waals surface area contributed by atoms with Crippen molar-refractivity contribution in [1.29, 1.82) is 0 Å². The summed E-state index contributed by atoms with van der Waals surface area (Å²) in [6.07, 6.45) is 4.63. The van der Waals surface area contributed by atoms with Crippen molar-refractivity contribution in [3.63, 3.8) is 0 Å². The lowest BCUT2D eigenvalue weighted by atomic mass is 10.3. The van der Waals surface area contributed by atoms with Gasteiger partial charge in [-0.3, -0.25) is 0 Å². The highest BCUT2D eigenvalue weighted by Crippen LogP contribution is 2.02. The molecule has 0 saturated heterocycles. The number of hydrogen-bond acceptors (Lipinski definition) is 1. The second-order valence-electron chi connectivity index (χ2n) is 2.21. The van der Waals surface area contributed by atoms with E-state index in [1.165, 1.54) is 0 Å². The molecule has 0 fully saturated rings. The van der Waals surface area contributed by atoms with Gasteiger partial charge in [0.15, 0.2) is 0 Å². The molecule has 0 bridgehead atoms. The first-order valence-electron chi connectivity index (χ1n) is 3.45. The first-order valence-corrected chi connectivity index (χ1v) is 3.45. The standard InChI is InChI=1S/C8H16O/c1-5-7(3)9-8(4)6-2/h5-8H,1-4H3. The highest BCUT2D eigenvalue weighted by molar-refractivity contribution is 4.72. The van der Waals surface area contributed by atoms with Crippen LogP contribution in [0.25, 0.3) is 0 Å². The van der Waals surface area contributed by atoms with Crippen molar-refractivity contribution in [2.75, 3.05) is 0 Å². The van der Waals surface area contributed by atoms with Gasteiger partial charge in [0.2, 0.25) is 0 Å². The zero-order valence-corrected chi connectivity index (χ0v) is 6.72. The molecule has 0 rings (SSSR count). The molecule has 1 heteroatoms. The fourth-order valence-corrected chi connectivity index (χ4v) is 0.496. The molecule has 54 valence electrons. The van der Waals surface area contributed by atoms with Gasteiger partial charge >= 0.3 is 0 Å². The Hall–Kier alpha value is -0.0400. The van der Waals surface area contributed by atoms with Crippen LogP contribution in [-0.2, 0) is 4.74 Å². The van der Waals surface area contributed by atoms with Crippen LogP contribution in [0.2, 0.25) is 0 Å². The fourth-order valence-electron chi connectivity index (χ4n) is 0.496. The lowest BCUT2D eigenvalue weighted by molar-refractivity contribution is 0.0453. The normalized spacial score (nSPS) is 17.3. The summed E-state index contributed by atoms with van der Waals surface area (Å²) in [4.78, 5) is 0. The molecule has 0 aliphatic carbocycles. The minimum atomic E-state index is 0.274. The van der Waals surface area contributed by atoms with Crippen LogP contribution in [0.4, 0.5) is 0 Å². The van der Waals surface area contributed by atoms with Crippen LogP contribution in [-0.4, -0.2) is 12.2 Å². The largest absolute Gasteiger partial charge is 0.375 e. The van der Waals surface area contributed by atoms with Crippen LogP contribution in [0.15, 0.2) is 0 Å². The van der Waals surface area contributed by atoms with Gasteiger partial charge in [-0.25, -0.2) is 0 Å². The third kappa shape index (κ3) is 4.46. The van der Waals surface area contributed by atoms with Gasteiger partial charge in [-0.05, 0) is 26.7 Å². The van der Waals surface area contributed by atoms with E-state index >= 15 is 0 Å². The molecule has 0 aromatic carbocycles. The Morgan fingerprint density at radius 3 is 1.56 bits per heavy atom. The van der Waals surface area contributed by atoms with Crippen molar-refractivity contribution in [1.82, 2.24) is 0 Å². The zero-order chi connectivity index (χ0) is 7.28. The van der Waals surface area contributed by atoms with Crippen LogP contribution in [0.1, 0.15) is 27.7 Å². The van der Waals surface area contributed by atoms with Crippen molar-refractivity contribution in [2.45, 2.75) is 39.9 Å². The first-order chi connectivity index (χ1) is 4.20. The van der Waals surface area contributed by atoms with E-state index in [1.54, 1.807) is 0 Å². The van der Waals surface area contributed by atoms with E-state index < -0.39 is 0 Å². The smallest absolute Gasteiger partial charge is 0.0579 e. The van der Waals surface area contributed by atoms with E-state index in [0.29, 0.717) is 0 Å². The van der Waals surface area contributed by atoms with E-state index in [2.05, 4.69) is 0 Å². The quantitative estimate of drug-likeness (QED) is 0.564. The van der Waals surface area contributed by atoms with Crippen LogP contribution >= 0.6 is 0 Å². The van der Waals surface area contributed by atoms with E-state index in [-0.39, 0.29) is 12.2 Å². The Kier molecular flexibility index (Phi) is 4.78. The topological polar surface area (TPSA) is 9.23 Å². The molecule has 2 atom stereocenters. The fraction of sp³-hybridized carbons (Fsp3) is 0.750. The molecule has 0 heterocycles. The van der Waals surface area contributed by atoms with Crippen LogP contribution < -0.4 is 0 Å². The highest BCUT2D eigenvalue weighted by atomic mass is 16.5. The van der Waals surface area contributed by atoms with Gasteiger partial charge in [0.05, 0.1) is 12.2 Å². The Morgan fingerprint density at radius 2 is 1.33 bits per heavy atom. The summed E-state index contributed by atoms with van der Waals surface area (Å²) in [6, 6.07) is 0. The maximum atomic E-state index is 5.44. The maximum absolute atomic E-state index is 5.44. The van der Waals surface area contributed by atoms with E-state index in [1.807, 2.05) is 40.5 Å². The molecule has 0 aliphatic rings. The maximum Gasteiger partial charge on any atom is 0.0579 e. The number of hydrogen-bond donors (Lipinski definition) is 0. The third-order valence-electron chi connectivity index (χ3n) is 1.37. The number of ether oxygens (including phenoxy) is 1. The van der Waals surface area contributed by atoms with Gasteiger partial charge in [-0.1, -0.05) is 13.8 Å². The molecular formula is C8H16O. The second-order valence-corrected chi connectivity index (χ2v) is 2.21. The molecule has 2 radical (unpaired) electrons. The average molecular weight is 128 g/mol. The van der Waals surface area contributed by atoms with Gasteiger partial charge in [0, 0.05) is 0 Å². The molecule has 0 aliphatic heterocycles. The zero-order valence-electron chi connectivity index (χ0n) is 6.72. The SMILES string of the molecule is C[CH]C(C)OC(C)[CH]C. The third-order valence-corrected chi connectivity index (χ3v) is 1.37. The van der Waals surface area contributed by atoms with Crippen LogP contribution in [0.3, 0.4) is 0 Å². The van der Waals surface area contributed by atoms with E-state index in [4.69, 9.17) is 4.74 Å². The predicted molar refractivity (Wildman–Crippen MR) is 40.0 cm³/mol. The molecule has 0 aromatic heterocycles. The second kappa shape index (κ2) is 4.80. The first kappa shape index (κ1) is 8.96. The van der Waals surface area contributed by atoms with Crippen molar-refractivity contribution in [2.24, 2.45) is 0 Å². The van der Waals surface area contributed by atoms with Crippen molar-refractivity contribution >= 4 is 0 Å². The molecular weight excluding hydrogens is 112 g/mol. The molecule has 0 N–H and O–H groups in total. The molecule has 2 unspecified atom stereocenters. The lowest BCUT2D eigenvalue weighted by Gasteiger charge is -2.15. The minimum absolute atomic E-state index is 0.274. The lowest BCUT2D eigenvalue weighted by Crippen LogP contribution is -2.15. The molecule has 0 saturated carbocycles. The minimum Gasteiger partial charge on any atom is -0.375 e.